The lowest BCUT2D eigenvalue weighted by molar-refractivity contribution is 0.221. The molecule has 1 atom stereocenters. The molecule has 1 fully saturated rings. The number of urea groups is 1. The fourth-order valence-electron chi connectivity index (χ4n) is 3.56. The second-order valence-corrected chi connectivity index (χ2v) is 7.70. The first-order valence-corrected chi connectivity index (χ1v) is 10.1. The first kappa shape index (κ1) is 20.2. The number of ether oxygens (including phenoxy) is 1. The quantitative estimate of drug-likeness (QED) is 0.565. The number of nitrogens with one attached hydrogen (secondary N) is 1. The second kappa shape index (κ2) is 9.13. The molecule has 2 amide bonds. The van der Waals surface area contributed by atoms with E-state index in [2.05, 4.69) is 16.4 Å². The van der Waals surface area contributed by atoms with E-state index in [1.54, 1.807) is 35.5 Å². The fourth-order valence-corrected chi connectivity index (χ4v) is 3.71. The number of rotatable bonds is 5. The molecule has 154 valence electrons. The van der Waals surface area contributed by atoms with Crippen molar-refractivity contribution in [3.8, 4) is 11.5 Å². The van der Waals surface area contributed by atoms with Gasteiger partial charge in [-0.3, -0.25) is 4.98 Å². The van der Waals surface area contributed by atoms with Gasteiger partial charge >= 0.3 is 6.03 Å². The number of benzene rings is 2. The van der Waals surface area contributed by atoms with Crippen LogP contribution in [0.5, 0.6) is 11.5 Å². The van der Waals surface area contributed by atoms with Gasteiger partial charge in [-0.15, -0.1) is 0 Å². The van der Waals surface area contributed by atoms with Gasteiger partial charge in [0.2, 0.25) is 0 Å². The summed E-state index contributed by atoms with van der Waals surface area (Å²) in [6.07, 6.45) is 4.90. The van der Waals surface area contributed by atoms with Crippen LogP contribution in [-0.4, -0.2) is 29.0 Å². The molecule has 2 heterocycles. The molecule has 3 aromatic rings. The normalized spacial score (nSPS) is 15.8. The lowest BCUT2D eigenvalue weighted by Gasteiger charge is -2.18. The number of hydrogen-bond acceptors (Lipinski definition) is 3. The third-order valence-electron chi connectivity index (χ3n) is 5.05. The molecule has 7 heteroatoms. The zero-order valence-electron chi connectivity index (χ0n) is 16.2. The van der Waals surface area contributed by atoms with Crippen molar-refractivity contribution in [3.05, 3.63) is 83.4 Å². The molecule has 1 aliphatic heterocycles. The highest BCUT2D eigenvalue weighted by atomic mass is 35.5. The number of aromatic nitrogens is 1. The molecular formula is C23H21ClFN3O2. The van der Waals surface area contributed by atoms with Crippen molar-refractivity contribution in [2.45, 2.75) is 12.8 Å². The summed E-state index contributed by atoms with van der Waals surface area (Å²) in [6, 6.07) is 15.3. The molecule has 2 aromatic carbocycles. The van der Waals surface area contributed by atoms with Crippen LogP contribution in [0.4, 0.5) is 14.9 Å². The van der Waals surface area contributed by atoms with Crippen molar-refractivity contribution in [2.24, 2.45) is 5.92 Å². The number of likely N-dealkylation sites (tertiary alicyclic amines) is 1. The number of hydrogen-bond donors (Lipinski definition) is 1. The highest BCUT2D eigenvalue weighted by Crippen LogP contribution is 2.27. The van der Waals surface area contributed by atoms with Crippen LogP contribution in [0.1, 0.15) is 12.0 Å². The molecule has 1 aromatic heterocycles. The maximum atomic E-state index is 13.0. The predicted octanol–water partition coefficient (Wildman–Crippen LogP) is 5.76. The van der Waals surface area contributed by atoms with Gasteiger partial charge in [0, 0.05) is 19.3 Å². The van der Waals surface area contributed by atoms with Gasteiger partial charge in [-0.05, 0) is 66.8 Å². The van der Waals surface area contributed by atoms with E-state index in [4.69, 9.17) is 16.3 Å². The zero-order valence-corrected chi connectivity index (χ0v) is 17.0. The molecule has 5 nitrogen and oxygen atoms in total. The molecule has 0 spiro atoms. The molecule has 0 aliphatic carbocycles. The maximum absolute atomic E-state index is 13.0. The van der Waals surface area contributed by atoms with E-state index in [0.717, 1.165) is 18.4 Å². The average molecular weight is 426 g/mol. The Hall–Kier alpha value is -3.12. The van der Waals surface area contributed by atoms with Crippen molar-refractivity contribution in [1.29, 1.82) is 0 Å². The summed E-state index contributed by atoms with van der Waals surface area (Å²) in [5.41, 5.74) is 1.65. The van der Waals surface area contributed by atoms with E-state index in [0.29, 0.717) is 41.2 Å². The van der Waals surface area contributed by atoms with E-state index in [-0.39, 0.29) is 11.8 Å². The Morgan fingerprint density at radius 2 is 2.03 bits per heavy atom. The average Bonchev–Trinajstić information content (AvgIpc) is 3.20. The van der Waals surface area contributed by atoms with Gasteiger partial charge in [0.1, 0.15) is 17.3 Å². The molecule has 0 saturated carbocycles. The van der Waals surface area contributed by atoms with Crippen LogP contribution < -0.4 is 10.1 Å². The Labute approximate surface area is 179 Å². The van der Waals surface area contributed by atoms with E-state index in [9.17, 15) is 9.18 Å². The van der Waals surface area contributed by atoms with Gasteiger partial charge in [0.05, 0.1) is 16.9 Å². The first-order chi connectivity index (χ1) is 14.6. The molecule has 0 radical (unpaired) electrons. The Balaban J connectivity index is 1.33. The molecule has 0 bridgehead atoms. The summed E-state index contributed by atoms with van der Waals surface area (Å²) in [5, 5.41) is 3.29. The number of anilines is 1. The minimum absolute atomic E-state index is 0.166. The standard InChI is InChI=1S/C23H21ClFN3O2/c24-21-8-10-26-14-22(21)27-23(29)28-11-9-17(15-28)12-16-2-1-3-20(13-16)30-19-6-4-18(25)5-7-19/h1-8,10,13-14,17H,9,11-12,15H2,(H,27,29). The number of halogens is 2. The molecule has 30 heavy (non-hydrogen) atoms. The number of nitrogens with zero attached hydrogens (tertiary/aromatic N) is 2. The minimum Gasteiger partial charge on any atom is -0.457 e. The van der Waals surface area contributed by atoms with E-state index < -0.39 is 0 Å². The van der Waals surface area contributed by atoms with Crippen LogP contribution in [-0.2, 0) is 6.42 Å². The Bertz CT molecular complexity index is 1030. The topological polar surface area (TPSA) is 54.5 Å². The Kier molecular flexibility index (Phi) is 6.14. The molecule has 1 unspecified atom stereocenters. The van der Waals surface area contributed by atoms with Gasteiger partial charge in [0.25, 0.3) is 0 Å². The largest absolute Gasteiger partial charge is 0.457 e. The van der Waals surface area contributed by atoms with Crippen LogP contribution in [0.15, 0.2) is 67.0 Å². The van der Waals surface area contributed by atoms with Gasteiger partial charge in [-0.2, -0.15) is 0 Å². The summed E-state index contributed by atoms with van der Waals surface area (Å²) < 4.78 is 18.9. The summed E-state index contributed by atoms with van der Waals surface area (Å²) >= 11 is 6.09. The maximum Gasteiger partial charge on any atom is 0.321 e. The van der Waals surface area contributed by atoms with Crippen molar-refractivity contribution < 1.29 is 13.9 Å². The smallest absolute Gasteiger partial charge is 0.321 e. The summed E-state index contributed by atoms with van der Waals surface area (Å²) in [7, 11) is 0. The van der Waals surface area contributed by atoms with E-state index >= 15 is 0 Å². The Morgan fingerprint density at radius 1 is 1.20 bits per heavy atom. The highest BCUT2D eigenvalue weighted by Gasteiger charge is 2.26. The van der Waals surface area contributed by atoms with Crippen LogP contribution in [0.2, 0.25) is 5.02 Å². The minimum atomic E-state index is -0.295. The van der Waals surface area contributed by atoms with Crippen LogP contribution in [0, 0.1) is 11.7 Å². The number of carbonyl (C=O) groups is 1. The van der Waals surface area contributed by atoms with E-state index in [1.165, 1.54) is 12.1 Å². The van der Waals surface area contributed by atoms with Crippen molar-refractivity contribution >= 4 is 23.3 Å². The highest BCUT2D eigenvalue weighted by molar-refractivity contribution is 6.33. The second-order valence-electron chi connectivity index (χ2n) is 7.29. The monoisotopic (exact) mass is 425 g/mol. The predicted molar refractivity (Wildman–Crippen MR) is 115 cm³/mol. The van der Waals surface area contributed by atoms with Crippen molar-refractivity contribution in [2.75, 3.05) is 18.4 Å². The summed E-state index contributed by atoms with van der Waals surface area (Å²) in [6.45, 7) is 1.37. The lowest BCUT2D eigenvalue weighted by atomic mass is 9.98. The summed E-state index contributed by atoms with van der Waals surface area (Å²) in [4.78, 5) is 18.3. The number of pyridine rings is 1. The SMILES string of the molecule is O=C(Nc1cnccc1Cl)N1CCC(Cc2cccc(Oc3ccc(F)cc3)c2)C1. The fraction of sp³-hybridized carbons (Fsp3) is 0.217. The van der Waals surface area contributed by atoms with Crippen LogP contribution in [0.25, 0.3) is 0 Å². The number of amides is 2. The third kappa shape index (κ3) is 5.07. The zero-order chi connectivity index (χ0) is 20.9. The first-order valence-electron chi connectivity index (χ1n) is 9.74. The van der Waals surface area contributed by atoms with Gasteiger partial charge in [0.15, 0.2) is 0 Å². The molecule has 1 aliphatic rings. The van der Waals surface area contributed by atoms with Gasteiger partial charge in [-0.1, -0.05) is 23.7 Å². The van der Waals surface area contributed by atoms with Crippen LogP contribution >= 0.6 is 11.6 Å². The van der Waals surface area contributed by atoms with Gasteiger partial charge in [-0.25, -0.2) is 9.18 Å². The van der Waals surface area contributed by atoms with E-state index in [1.807, 2.05) is 18.2 Å². The molecule has 1 N–H and O–H groups in total. The lowest BCUT2D eigenvalue weighted by Crippen LogP contribution is -2.33. The van der Waals surface area contributed by atoms with Crippen LogP contribution in [0.3, 0.4) is 0 Å². The number of carbonyl (C=O) groups excluding carboxylic acids is 1. The molecule has 1 saturated heterocycles. The molecular weight excluding hydrogens is 405 g/mol. The molecule has 4 rings (SSSR count). The van der Waals surface area contributed by atoms with Crippen molar-refractivity contribution in [3.63, 3.8) is 0 Å². The third-order valence-corrected chi connectivity index (χ3v) is 5.38. The van der Waals surface area contributed by atoms with Crippen molar-refractivity contribution in [1.82, 2.24) is 9.88 Å². The summed E-state index contributed by atoms with van der Waals surface area (Å²) in [5.74, 6) is 1.36. The Morgan fingerprint density at radius 3 is 2.83 bits per heavy atom. The van der Waals surface area contributed by atoms with Gasteiger partial charge < -0.3 is 15.0 Å².